The minimum atomic E-state index is -2.62. The Morgan fingerprint density at radius 3 is 1.10 bits per heavy atom. The van der Waals surface area contributed by atoms with Gasteiger partial charge in [-0.3, -0.25) is 0 Å². The molecule has 0 aliphatic rings. The summed E-state index contributed by atoms with van der Waals surface area (Å²) in [6.07, 6.45) is 0. The van der Waals surface area contributed by atoms with E-state index in [4.69, 9.17) is 19.9 Å². The third-order valence-electron chi connectivity index (χ3n) is 0. The topological polar surface area (TPSA) is 84.5 Å². The second-order valence-electron chi connectivity index (χ2n) is 0.492. The normalized spacial score (nSPS) is 4.30. The number of nitrogens with zero attached hydrogens (tertiary/aromatic N) is 1. The molecule has 0 saturated heterocycles. The van der Waals surface area contributed by atoms with E-state index in [-0.39, 0.29) is 88.7 Å². The average molecular weight is 193 g/mol. The first-order chi connectivity index (χ1) is 3.15. The van der Waals surface area contributed by atoms with Crippen molar-refractivity contribution in [1.82, 2.24) is 0 Å². The molecule has 0 saturated carbocycles. The predicted octanol–water partition coefficient (Wildman–Crippen LogP) is -3.65. The van der Waals surface area contributed by atoms with Crippen LogP contribution in [0, 0.1) is 11.2 Å². The van der Waals surface area contributed by atoms with Crippen molar-refractivity contribution in [1.29, 1.82) is 5.26 Å². The summed E-state index contributed by atoms with van der Waals surface area (Å²) in [7, 11) is -1.19. The van der Waals surface area contributed by atoms with Crippen LogP contribution in [0.25, 0.3) is 0 Å². The van der Waals surface area contributed by atoms with E-state index in [0.29, 0.717) is 0 Å². The first kappa shape index (κ1) is 29.3. The van der Waals surface area contributed by atoms with Crippen LogP contribution < -0.4 is 0 Å². The van der Waals surface area contributed by atoms with Crippen molar-refractivity contribution < 1.29 is 14.7 Å². The van der Waals surface area contributed by atoms with E-state index in [0.717, 1.165) is 0 Å². The van der Waals surface area contributed by atoms with E-state index in [9.17, 15) is 0 Å². The van der Waals surface area contributed by atoms with Crippen molar-refractivity contribution >= 4 is 105 Å². The van der Waals surface area contributed by atoms with Crippen molar-refractivity contribution in [3.05, 3.63) is 0 Å². The second-order valence-corrected chi connectivity index (χ2v) is 1.03. The van der Waals surface area contributed by atoms with Crippen LogP contribution in [-0.2, 0) is 0 Å². The quantitative estimate of drug-likeness (QED) is 0.273. The molecule has 0 heterocycles. The summed E-state index contributed by atoms with van der Waals surface area (Å²) in [5.74, 6) is 1.75. The van der Waals surface area contributed by atoms with Crippen LogP contribution in [0.15, 0.2) is 0 Å². The Kier molecular flexibility index (Phi) is 87.0. The van der Waals surface area contributed by atoms with Gasteiger partial charge in [-0.15, -0.1) is 0 Å². The van der Waals surface area contributed by atoms with Gasteiger partial charge in [-0.2, -0.15) is 0 Å². The fraction of sp³-hybridized carbons (Fsp3) is 0. The second kappa shape index (κ2) is 29.7. The molecule has 0 amide bonds. The van der Waals surface area contributed by atoms with Crippen molar-refractivity contribution in [2.24, 2.45) is 0 Å². The van der Waals surface area contributed by atoms with Crippen LogP contribution in [0.3, 0.4) is 0 Å². The molecule has 0 unspecified atom stereocenters. The molecule has 0 aromatic rings. The minimum absolute atomic E-state index is 0. The molecule has 0 rings (SSSR count). The zero-order valence-corrected chi connectivity index (χ0v) is 4.63. The fourth-order valence-electron chi connectivity index (χ4n) is 0. The Morgan fingerprint density at radius 2 is 1.10 bits per heavy atom. The zero-order chi connectivity index (χ0) is 6.28. The van der Waals surface area contributed by atoms with Gasteiger partial charge in [-0.25, -0.2) is 5.26 Å². The van der Waals surface area contributed by atoms with E-state index in [1.54, 1.807) is 5.97 Å². The van der Waals surface area contributed by atoms with Gasteiger partial charge in [0.2, 0.25) is 7.85 Å². The summed E-state index contributed by atoms with van der Waals surface area (Å²) in [6.45, 7) is 0. The first-order valence-corrected chi connectivity index (χ1v) is 2.52. The molecule has 0 atom stereocenters. The maximum atomic E-state index is 7.32. The van der Waals surface area contributed by atoms with Crippen molar-refractivity contribution in [3.63, 3.8) is 0 Å². The molecular formula is CH8BNNa3O3P. The summed E-state index contributed by atoms with van der Waals surface area (Å²) in [5.41, 5.74) is 0. The van der Waals surface area contributed by atoms with Gasteiger partial charge in [0.05, 0.1) is 0 Å². The Morgan fingerprint density at radius 1 is 1.10 bits per heavy atom. The van der Waals surface area contributed by atoms with Crippen LogP contribution >= 0.6 is 8.60 Å². The number of hydrogen-bond donors (Lipinski definition) is 3. The van der Waals surface area contributed by atoms with Gasteiger partial charge < -0.3 is 14.7 Å². The Hall–Kier alpha value is 2.86. The van der Waals surface area contributed by atoms with Crippen LogP contribution in [0.2, 0.25) is 0 Å². The maximum absolute atomic E-state index is 7.32. The molecule has 46 valence electrons. The summed E-state index contributed by atoms with van der Waals surface area (Å²) in [4.78, 5) is 21.7. The molecule has 0 aromatic carbocycles. The molecule has 0 fully saturated rings. The summed E-state index contributed by atoms with van der Waals surface area (Å²) in [5, 5.41) is 7.32. The molecule has 0 radical (unpaired) electrons. The molecule has 0 aliphatic carbocycles. The first-order valence-electron chi connectivity index (χ1n) is 1.32. The molecule has 0 aliphatic heterocycles. The summed E-state index contributed by atoms with van der Waals surface area (Å²) in [6, 6.07) is 0. The standard InChI is InChI=1S/CH2BN.3Na.H3O3P.3H/c2-1-3;;;;1-4(2)3;;;/h2H2;;;;1-3H;;;. The predicted molar refractivity (Wildman–Crippen MR) is 49.2 cm³/mol. The summed E-state index contributed by atoms with van der Waals surface area (Å²) >= 11 is 0. The van der Waals surface area contributed by atoms with Gasteiger partial charge in [-0.1, -0.05) is 0 Å². The monoisotopic (exact) mass is 193 g/mol. The summed E-state index contributed by atoms with van der Waals surface area (Å²) < 4.78 is 0. The van der Waals surface area contributed by atoms with Gasteiger partial charge in [0.1, 0.15) is 0 Å². The molecular weight excluding hydrogens is 185 g/mol. The van der Waals surface area contributed by atoms with Crippen LogP contribution in [0.4, 0.5) is 0 Å². The molecule has 9 heteroatoms. The van der Waals surface area contributed by atoms with Crippen LogP contribution in [0.5, 0.6) is 0 Å². The van der Waals surface area contributed by atoms with Gasteiger partial charge in [0, 0.05) is 0 Å². The molecule has 10 heavy (non-hydrogen) atoms. The average Bonchev–Trinajstić information content (AvgIpc) is 1.33. The molecule has 0 spiro atoms. The van der Waals surface area contributed by atoms with E-state index >= 15 is 0 Å². The number of hydrogen-bond acceptors (Lipinski definition) is 4. The van der Waals surface area contributed by atoms with Gasteiger partial charge in [0.15, 0.2) is 0 Å². The van der Waals surface area contributed by atoms with Crippen LogP contribution in [-0.4, -0.2) is 111 Å². The van der Waals surface area contributed by atoms with Gasteiger partial charge in [0.25, 0.3) is 0 Å². The Labute approximate surface area is 129 Å². The third-order valence-corrected chi connectivity index (χ3v) is 0. The molecule has 3 N–H and O–H groups in total. The van der Waals surface area contributed by atoms with Crippen molar-refractivity contribution in [2.75, 3.05) is 0 Å². The van der Waals surface area contributed by atoms with E-state index in [2.05, 4.69) is 0 Å². The van der Waals surface area contributed by atoms with E-state index in [1.165, 1.54) is 7.85 Å². The Bertz CT molecular complexity index is 66.5. The van der Waals surface area contributed by atoms with Gasteiger partial charge >= 0.3 is 97.3 Å². The van der Waals surface area contributed by atoms with E-state index < -0.39 is 8.60 Å². The molecule has 0 aromatic heterocycles. The third kappa shape index (κ3) is 129. The number of rotatable bonds is 0. The van der Waals surface area contributed by atoms with Gasteiger partial charge in [-0.05, 0) is 5.97 Å². The Balaban J connectivity index is -0.0000000131. The number of nitriles is 1. The fourth-order valence-corrected chi connectivity index (χ4v) is 0. The zero-order valence-electron chi connectivity index (χ0n) is 3.74. The van der Waals surface area contributed by atoms with E-state index in [1.807, 2.05) is 0 Å². The molecule has 4 nitrogen and oxygen atoms in total. The SMILES string of the molecule is BC#N.OP(O)O.[NaH].[NaH].[NaH]. The van der Waals surface area contributed by atoms with Crippen LogP contribution in [0.1, 0.15) is 0 Å². The van der Waals surface area contributed by atoms with Crippen molar-refractivity contribution in [2.45, 2.75) is 0 Å². The van der Waals surface area contributed by atoms with Crippen molar-refractivity contribution in [3.8, 4) is 5.97 Å². The molecule has 0 bridgehead atoms.